The molecule has 1 aliphatic heterocycles. The molecule has 0 bridgehead atoms. The summed E-state index contributed by atoms with van der Waals surface area (Å²) in [5.41, 5.74) is 1.82. The maximum atomic E-state index is 12.5. The number of hydrogen-bond acceptors (Lipinski definition) is 4. The minimum absolute atomic E-state index is 0. The molecule has 0 aromatic heterocycles. The van der Waals surface area contributed by atoms with Gasteiger partial charge >= 0.3 is 35.5 Å². The smallest absolute Gasteiger partial charge is 1.00 e. The standard InChI is InChI=1S/C20H17N3O3S.Na.H/c1-13-17(19(25)26)27-20(23(13)12-15-5-3-2-4-6-15)22-18(24)16-9-7-14(11-21)8-10-16;;/h2-10,13,17H,12H2,1H3,(H,25,26);;/q;+1;-1. The molecule has 1 N–H and O–H groups in total. The number of carbonyl (C=O) groups is 2. The first-order valence-corrected chi connectivity index (χ1v) is 9.21. The fraction of sp³-hybridized carbons (Fsp3) is 0.200. The molecule has 8 heteroatoms. The quantitative estimate of drug-likeness (QED) is 0.737. The van der Waals surface area contributed by atoms with E-state index < -0.39 is 17.1 Å². The van der Waals surface area contributed by atoms with Crippen molar-refractivity contribution in [2.45, 2.75) is 24.8 Å². The van der Waals surface area contributed by atoms with Gasteiger partial charge in [-0.1, -0.05) is 42.1 Å². The minimum atomic E-state index is -0.929. The normalized spacial score (nSPS) is 19.7. The second kappa shape index (κ2) is 9.89. The van der Waals surface area contributed by atoms with E-state index in [-0.39, 0.29) is 37.0 Å². The number of hydrogen-bond donors (Lipinski definition) is 1. The van der Waals surface area contributed by atoms with Gasteiger partial charge in [-0.3, -0.25) is 9.59 Å². The Labute approximate surface area is 191 Å². The van der Waals surface area contributed by atoms with Gasteiger partial charge in [0.25, 0.3) is 5.91 Å². The molecule has 1 saturated heterocycles. The molecule has 6 nitrogen and oxygen atoms in total. The maximum Gasteiger partial charge on any atom is 1.00 e. The van der Waals surface area contributed by atoms with Crippen LogP contribution in [0.2, 0.25) is 0 Å². The summed E-state index contributed by atoms with van der Waals surface area (Å²) in [7, 11) is 0. The van der Waals surface area contributed by atoms with Crippen LogP contribution in [-0.4, -0.2) is 38.3 Å². The second-order valence-electron chi connectivity index (χ2n) is 6.12. The van der Waals surface area contributed by atoms with Crippen LogP contribution < -0.4 is 29.6 Å². The van der Waals surface area contributed by atoms with E-state index in [1.54, 1.807) is 24.3 Å². The van der Waals surface area contributed by atoms with E-state index in [1.807, 2.05) is 48.2 Å². The van der Waals surface area contributed by atoms with Gasteiger partial charge in [0.05, 0.1) is 17.7 Å². The van der Waals surface area contributed by atoms with Crippen LogP contribution in [0.15, 0.2) is 59.6 Å². The number of aliphatic carboxylic acids is 1. The first-order valence-electron chi connectivity index (χ1n) is 8.33. The summed E-state index contributed by atoms with van der Waals surface area (Å²) in [4.78, 5) is 30.1. The van der Waals surface area contributed by atoms with Gasteiger partial charge < -0.3 is 11.4 Å². The van der Waals surface area contributed by atoms with Gasteiger partial charge in [-0.15, -0.1) is 0 Å². The van der Waals surface area contributed by atoms with Gasteiger partial charge in [-0.2, -0.15) is 10.3 Å². The first-order chi connectivity index (χ1) is 13.0. The number of aliphatic imine (C=N–C) groups is 1. The van der Waals surface area contributed by atoms with Crippen LogP contribution in [0, 0.1) is 11.3 Å². The number of carboxylic acids is 1. The molecule has 2 aromatic carbocycles. The van der Waals surface area contributed by atoms with Crippen LogP contribution in [0.5, 0.6) is 0 Å². The van der Waals surface area contributed by atoms with Crippen LogP contribution in [-0.2, 0) is 11.3 Å². The predicted molar refractivity (Wildman–Crippen MR) is 104 cm³/mol. The minimum Gasteiger partial charge on any atom is -1.00 e. The molecule has 2 atom stereocenters. The molecule has 138 valence electrons. The second-order valence-corrected chi connectivity index (χ2v) is 7.23. The predicted octanol–water partition coefficient (Wildman–Crippen LogP) is 0.262. The number of nitrogens with zero attached hydrogens (tertiary/aromatic N) is 3. The molecule has 2 unspecified atom stereocenters. The number of rotatable bonds is 4. The number of carbonyl (C=O) groups excluding carboxylic acids is 1. The molecule has 1 heterocycles. The van der Waals surface area contributed by atoms with Crippen molar-refractivity contribution in [2.75, 3.05) is 0 Å². The summed E-state index contributed by atoms with van der Waals surface area (Å²) in [6, 6.07) is 17.5. The topological polar surface area (TPSA) is 93.8 Å². The molecule has 1 aliphatic rings. The fourth-order valence-electron chi connectivity index (χ4n) is 2.80. The van der Waals surface area contributed by atoms with Crippen molar-refractivity contribution in [2.24, 2.45) is 4.99 Å². The van der Waals surface area contributed by atoms with Gasteiger partial charge in [0, 0.05) is 12.1 Å². The van der Waals surface area contributed by atoms with Gasteiger partial charge in [0.2, 0.25) is 0 Å². The Morgan fingerprint density at radius 2 is 1.86 bits per heavy atom. The molecule has 0 spiro atoms. The monoisotopic (exact) mass is 403 g/mol. The van der Waals surface area contributed by atoms with Crippen molar-refractivity contribution in [3.63, 3.8) is 0 Å². The van der Waals surface area contributed by atoms with Gasteiger partial charge in [-0.25, -0.2) is 0 Å². The van der Waals surface area contributed by atoms with E-state index in [9.17, 15) is 14.7 Å². The summed E-state index contributed by atoms with van der Waals surface area (Å²) in [6.45, 7) is 2.29. The van der Waals surface area contributed by atoms with E-state index >= 15 is 0 Å². The number of carboxylic acid groups (broad SMARTS) is 1. The van der Waals surface area contributed by atoms with Crippen LogP contribution in [0.1, 0.15) is 29.8 Å². The van der Waals surface area contributed by atoms with Crippen molar-refractivity contribution in [1.29, 1.82) is 5.26 Å². The number of thioether (sulfide) groups is 1. The molecule has 1 fully saturated rings. The molecule has 28 heavy (non-hydrogen) atoms. The van der Waals surface area contributed by atoms with Gasteiger partial charge in [0.15, 0.2) is 5.17 Å². The van der Waals surface area contributed by atoms with E-state index in [4.69, 9.17) is 5.26 Å². The number of benzene rings is 2. The molecule has 1 amide bonds. The summed E-state index contributed by atoms with van der Waals surface area (Å²) in [6.07, 6.45) is 0. The summed E-state index contributed by atoms with van der Waals surface area (Å²) >= 11 is 1.09. The first kappa shape index (κ1) is 22.2. The van der Waals surface area contributed by atoms with Crippen LogP contribution in [0.3, 0.4) is 0 Å². The fourth-order valence-corrected chi connectivity index (χ4v) is 3.97. The zero-order chi connectivity index (χ0) is 19.4. The average molecular weight is 403 g/mol. The number of nitriles is 1. The molecule has 2 aromatic rings. The third-order valence-electron chi connectivity index (χ3n) is 4.31. The molecule has 0 radical (unpaired) electrons. The average Bonchev–Trinajstić information content (AvgIpc) is 2.98. The summed E-state index contributed by atoms with van der Waals surface area (Å²) in [5, 5.41) is 18.0. The molecule has 3 rings (SSSR count). The Balaban J connectivity index is 0.00000210. The van der Waals surface area contributed by atoms with Crippen molar-refractivity contribution in [1.82, 2.24) is 4.90 Å². The SMILES string of the molecule is CC1C(C(=O)O)SC(=NC(=O)c2ccc(C#N)cc2)N1Cc1ccccc1.[H-].[Na+]. The van der Waals surface area contributed by atoms with Crippen molar-refractivity contribution < 1.29 is 45.7 Å². The third kappa shape index (κ3) is 5.03. The Bertz CT molecular complexity index is 932. The summed E-state index contributed by atoms with van der Waals surface area (Å²) < 4.78 is 0. The number of amidine groups is 1. The zero-order valence-electron chi connectivity index (χ0n) is 16.6. The van der Waals surface area contributed by atoms with Crippen molar-refractivity contribution in [3.05, 3.63) is 71.3 Å². The Hall–Kier alpha value is -2.11. The van der Waals surface area contributed by atoms with Crippen LogP contribution >= 0.6 is 11.8 Å². The Kier molecular flexibility index (Phi) is 7.84. The van der Waals surface area contributed by atoms with E-state index in [2.05, 4.69) is 4.99 Å². The summed E-state index contributed by atoms with van der Waals surface area (Å²) in [5.74, 6) is -1.39. The van der Waals surface area contributed by atoms with E-state index in [1.165, 1.54) is 0 Å². The third-order valence-corrected chi connectivity index (χ3v) is 5.69. The maximum absolute atomic E-state index is 12.5. The largest absolute Gasteiger partial charge is 1.00 e. The van der Waals surface area contributed by atoms with Gasteiger partial charge in [0.1, 0.15) is 5.25 Å². The Morgan fingerprint density at radius 3 is 2.43 bits per heavy atom. The molecule has 0 aliphatic carbocycles. The van der Waals surface area contributed by atoms with Crippen LogP contribution in [0.25, 0.3) is 0 Å². The molecular weight excluding hydrogens is 385 g/mol. The van der Waals surface area contributed by atoms with E-state index in [0.717, 1.165) is 17.3 Å². The van der Waals surface area contributed by atoms with E-state index in [0.29, 0.717) is 22.8 Å². The van der Waals surface area contributed by atoms with Crippen molar-refractivity contribution in [3.8, 4) is 6.07 Å². The van der Waals surface area contributed by atoms with Crippen LogP contribution in [0.4, 0.5) is 0 Å². The molecule has 0 saturated carbocycles. The number of amides is 1. The van der Waals surface area contributed by atoms with Gasteiger partial charge in [-0.05, 0) is 36.8 Å². The molecular formula is C20H18N3NaO3S. The Morgan fingerprint density at radius 1 is 1.21 bits per heavy atom. The zero-order valence-corrected chi connectivity index (χ0v) is 18.4. The van der Waals surface area contributed by atoms with Crippen molar-refractivity contribution >= 4 is 28.8 Å².